The molecule has 2 rings (SSSR count). The zero-order chi connectivity index (χ0) is 18.6. The van der Waals surface area contributed by atoms with Crippen molar-refractivity contribution >= 4 is 27.5 Å². The minimum absolute atomic E-state index is 0.0363. The van der Waals surface area contributed by atoms with Crippen LogP contribution in [0.4, 0.5) is 0 Å². The quantitative estimate of drug-likeness (QED) is 0.786. The molecule has 0 spiro atoms. The summed E-state index contributed by atoms with van der Waals surface area (Å²) in [5.41, 5.74) is 0.250. The second-order valence-electron chi connectivity index (χ2n) is 6.18. The van der Waals surface area contributed by atoms with E-state index in [0.717, 1.165) is 0 Å². The summed E-state index contributed by atoms with van der Waals surface area (Å²) in [5, 5.41) is 2.87. The van der Waals surface area contributed by atoms with E-state index in [-0.39, 0.29) is 27.4 Å². The van der Waals surface area contributed by atoms with Crippen LogP contribution >= 0.6 is 11.6 Å². The number of likely N-dealkylation sites (N-methyl/N-ethyl adjacent to an activating group) is 1. The van der Waals surface area contributed by atoms with Gasteiger partial charge in [0.15, 0.2) is 0 Å². The highest BCUT2D eigenvalue weighted by Gasteiger charge is 2.30. The van der Waals surface area contributed by atoms with Gasteiger partial charge >= 0.3 is 0 Å². The van der Waals surface area contributed by atoms with Crippen LogP contribution in [0.25, 0.3) is 0 Å². The average Bonchev–Trinajstić information content (AvgIpc) is 2.55. The van der Waals surface area contributed by atoms with Crippen LogP contribution in [0.5, 0.6) is 0 Å². The van der Waals surface area contributed by atoms with Crippen molar-refractivity contribution in [1.29, 1.82) is 0 Å². The standard InChI is InChI=1S/C16H24ClN3O4S/c1-12(11-24-3)18-16(21)13-4-5-14(17)15(10-13)25(22,23)20-8-6-19(2)7-9-20/h4-5,10,12H,6-9,11H2,1-3H3,(H,18,21)/t12-/m0/s1. The van der Waals surface area contributed by atoms with E-state index >= 15 is 0 Å². The third kappa shape index (κ3) is 4.92. The lowest BCUT2D eigenvalue weighted by atomic mass is 10.2. The zero-order valence-electron chi connectivity index (χ0n) is 14.7. The fourth-order valence-electron chi connectivity index (χ4n) is 2.61. The van der Waals surface area contributed by atoms with E-state index < -0.39 is 10.0 Å². The maximum absolute atomic E-state index is 12.9. The number of hydrogen-bond donors (Lipinski definition) is 1. The van der Waals surface area contributed by atoms with Gasteiger partial charge in [0.2, 0.25) is 10.0 Å². The van der Waals surface area contributed by atoms with Crippen molar-refractivity contribution in [2.75, 3.05) is 46.9 Å². The summed E-state index contributed by atoms with van der Waals surface area (Å²) in [6.45, 7) is 4.29. The Kier molecular flexibility index (Phi) is 6.81. The van der Waals surface area contributed by atoms with Crippen LogP contribution in [0.2, 0.25) is 5.02 Å². The molecule has 7 nitrogen and oxygen atoms in total. The van der Waals surface area contributed by atoms with Gasteiger partial charge in [0.25, 0.3) is 5.91 Å². The molecule has 1 aromatic rings. The third-order valence-corrected chi connectivity index (χ3v) is 6.45. The second-order valence-corrected chi connectivity index (χ2v) is 8.50. The largest absolute Gasteiger partial charge is 0.383 e. The van der Waals surface area contributed by atoms with Crippen molar-refractivity contribution in [2.45, 2.75) is 17.9 Å². The van der Waals surface area contributed by atoms with Crippen LogP contribution in [0.15, 0.2) is 23.1 Å². The van der Waals surface area contributed by atoms with E-state index in [1.165, 1.54) is 22.5 Å². The summed E-state index contributed by atoms with van der Waals surface area (Å²) in [6, 6.07) is 4.11. The minimum Gasteiger partial charge on any atom is -0.383 e. The summed E-state index contributed by atoms with van der Waals surface area (Å²) in [5.74, 6) is -0.365. The fraction of sp³-hybridized carbons (Fsp3) is 0.562. The Hall–Kier alpha value is -1.19. The van der Waals surface area contributed by atoms with Crippen molar-refractivity contribution in [2.24, 2.45) is 0 Å². The van der Waals surface area contributed by atoms with Crippen molar-refractivity contribution in [3.05, 3.63) is 28.8 Å². The second kappa shape index (κ2) is 8.46. The van der Waals surface area contributed by atoms with E-state index in [4.69, 9.17) is 16.3 Å². The average molecular weight is 390 g/mol. The van der Waals surface area contributed by atoms with Gasteiger partial charge in [-0.05, 0) is 32.2 Å². The first-order valence-corrected chi connectivity index (χ1v) is 9.85. The molecule has 1 heterocycles. The Labute approximate surface area is 153 Å². The topological polar surface area (TPSA) is 78.9 Å². The molecule has 0 radical (unpaired) electrons. The van der Waals surface area contributed by atoms with E-state index in [9.17, 15) is 13.2 Å². The normalized spacial score (nSPS) is 18.1. The Morgan fingerprint density at radius 1 is 1.32 bits per heavy atom. The van der Waals surface area contributed by atoms with E-state index in [1.54, 1.807) is 14.0 Å². The number of halogens is 1. The zero-order valence-corrected chi connectivity index (χ0v) is 16.2. The van der Waals surface area contributed by atoms with Gasteiger partial charge in [-0.25, -0.2) is 8.42 Å². The Balaban J connectivity index is 2.25. The Morgan fingerprint density at radius 3 is 2.56 bits per heavy atom. The molecular formula is C16H24ClN3O4S. The van der Waals surface area contributed by atoms with Crippen molar-refractivity contribution in [3.8, 4) is 0 Å². The van der Waals surface area contributed by atoms with Crippen molar-refractivity contribution < 1.29 is 17.9 Å². The van der Waals surface area contributed by atoms with Gasteiger partial charge in [-0.15, -0.1) is 0 Å². The predicted octanol–water partition coefficient (Wildman–Crippen LogP) is 1.04. The molecule has 0 bridgehead atoms. The molecular weight excluding hydrogens is 366 g/mol. The van der Waals surface area contributed by atoms with Crippen LogP contribution in [0.3, 0.4) is 0 Å². The molecule has 1 atom stereocenters. The number of nitrogens with one attached hydrogen (secondary N) is 1. The van der Waals surface area contributed by atoms with Gasteiger partial charge in [0, 0.05) is 44.9 Å². The van der Waals surface area contributed by atoms with Crippen LogP contribution in [-0.4, -0.2) is 76.5 Å². The first kappa shape index (κ1) is 20.1. The molecule has 140 valence electrons. The molecule has 9 heteroatoms. The van der Waals surface area contributed by atoms with Gasteiger partial charge in [0.1, 0.15) is 4.90 Å². The molecule has 1 aliphatic heterocycles. The molecule has 0 aromatic heterocycles. The highest BCUT2D eigenvalue weighted by molar-refractivity contribution is 7.89. The van der Waals surface area contributed by atoms with Gasteiger partial charge in [0.05, 0.1) is 11.6 Å². The first-order chi connectivity index (χ1) is 11.8. The number of piperazine rings is 1. The number of nitrogens with zero attached hydrogens (tertiary/aromatic N) is 2. The van der Waals surface area contributed by atoms with E-state index in [0.29, 0.717) is 32.8 Å². The number of sulfonamides is 1. The number of carbonyl (C=O) groups is 1. The van der Waals surface area contributed by atoms with Gasteiger partial charge in [-0.2, -0.15) is 4.31 Å². The molecule has 1 aliphatic rings. The van der Waals surface area contributed by atoms with Gasteiger partial charge in [-0.1, -0.05) is 11.6 Å². The van der Waals surface area contributed by atoms with Crippen molar-refractivity contribution in [1.82, 2.24) is 14.5 Å². The monoisotopic (exact) mass is 389 g/mol. The number of rotatable bonds is 6. The van der Waals surface area contributed by atoms with Gasteiger partial charge in [-0.3, -0.25) is 4.79 Å². The number of carbonyl (C=O) groups excluding carboxylic acids is 1. The summed E-state index contributed by atoms with van der Waals surface area (Å²) in [4.78, 5) is 14.3. The molecule has 0 aliphatic carbocycles. The Morgan fingerprint density at radius 2 is 1.96 bits per heavy atom. The summed E-state index contributed by atoms with van der Waals surface area (Å²) in [6.07, 6.45) is 0. The Bertz CT molecular complexity index is 718. The van der Waals surface area contributed by atoms with Crippen LogP contribution in [-0.2, 0) is 14.8 Å². The molecule has 1 fully saturated rings. The number of methoxy groups -OCH3 is 1. The number of hydrogen-bond acceptors (Lipinski definition) is 5. The predicted molar refractivity (Wildman–Crippen MR) is 96.5 cm³/mol. The van der Waals surface area contributed by atoms with Crippen LogP contribution < -0.4 is 5.32 Å². The van der Waals surface area contributed by atoms with E-state index in [2.05, 4.69) is 10.2 Å². The fourth-order valence-corrected chi connectivity index (χ4v) is 4.53. The SMILES string of the molecule is COC[C@H](C)NC(=O)c1ccc(Cl)c(S(=O)(=O)N2CCN(C)CC2)c1. The van der Waals surface area contributed by atoms with Crippen LogP contribution in [0, 0.1) is 0 Å². The first-order valence-electron chi connectivity index (χ1n) is 8.03. The molecule has 1 aromatic carbocycles. The lowest BCUT2D eigenvalue weighted by Gasteiger charge is -2.31. The summed E-state index contributed by atoms with van der Waals surface area (Å²) in [7, 11) is -0.246. The lowest BCUT2D eigenvalue weighted by Crippen LogP contribution is -2.47. The molecule has 0 saturated carbocycles. The maximum Gasteiger partial charge on any atom is 0.251 e. The molecule has 1 amide bonds. The smallest absolute Gasteiger partial charge is 0.251 e. The highest BCUT2D eigenvalue weighted by Crippen LogP contribution is 2.26. The maximum atomic E-state index is 12.9. The van der Waals surface area contributed by atoms with Gasteiger partial charge < -0.3 is 15.0 Å². The van der Waals surface area contributed by atoms with Crippen LogP contribution in [0.1, 0.15) is 17.3 Å². The van der Waals surface area contributed by atoms with E-state index in [1.807, 2.05) is 7.05 Å². The third-order valence-electron chi connectivity index (χ3n) is 4.07. The molecule has 1 N–H and O–H groups in total. The molecule has 25 heavy (non-hydrogen) atoms. The molecule has 0 unspecified atom stereocenters. The number of amides is 1. The number of benzene rings is 1. The summed E-state index contributed by atoms with van der Waals surface area (Å²) < 4.78 is 32.2. The number of ether oxygens (including phenoxy) is 1. The molecule has 1 saturated heterocycles. The highest BCUT2D eigenvalue weighted by atomic mass is 35.5. The lowest BCUT2D eigenvalue weighted by molar-refractivity contribution is 0.0905. The van der Waals surface area contributed by atoms with Crippen molar-refractivity contribution in [3.63, 3.8) is 0 Å². The minimum atomic E-state index is -3.74. The summed E-state index contributed by atoms with van der Waals surface area (Å²) >= 11 is 6.12.